The highest BCUT2D eigenvalue weighted by atomic mass is 32.2. The summed E-state index contributed by atoms with van der Waals surface area (Å²) in [6.45, 7) is 0.0190. The molecule has 1 aliphatic heterocycles. The Morgan fingerprint density at radius 3 is 2.52 bits per heavy atom. The molecule has 2 aromatic rings. The van der Waals surface area contributed by atoms with Crippen molar-refractivity contribution in [2.45, 2.75) is 19.0 Å². The summed E-state index contributed by atoms with van der Waals surface area (Å²) in [5.74, 6) is -1.89. The first-order valence-corrected chi connectivity index (χ1v) is 9.68. The molecule has 25 heavy (non-hydrogen) atoms. The molecule has 0 radical (unpaired) electrons. The van der Waals surface area contributed by atoms with E-state index in [1.165, 1.54) is 41.3 Å². The summed E-state index contributed by atoms with van der Waals surface area (Å²) in [5.41, 5.74) is 0.400. The Hall–Kier alpha value is -2.28. The molecular formula is C18H17F2NO3S. The number of nitrogens with zero attached hydrogens (tertiary/aromatic N) is 1. The maximum atomic E-state index is 14.0. The molecule has 1 amide bonds. The molecule has 0 aromatic heterocycles. The lowest BCUT2D eigenvalue weighted by atomic mass is 10.1. The summed E-state index contributed by atoms with van der Waals surface area (Å²) in [6, 6.07) is 10.7. The van der Waals surface area contributed by atoms with Crippen molar-refractivity contribution in [3.63, 3.8) is 0 Å². The highest BCUT2D eigenvalue weighted by molar-refractivity contribution is 7.91. The van der Waals surface area contributed by atoms with E-state index >= 15 is 0 Å². The number of carbonyl (C=O) groups excluding carboxylic acids is 1. The third-order valence-corrected chi connectivity index (χ3v) is 6.01. The van der Waals surface area contributed by atoms with E-state index in [0.29, 0.717) is 5.56 Å². The standard InChI is InChI=1S/C18H17F2NO3S/c19-14-5-3-4-13(10-14)11-21(15-8-9-25(23,24)12-15)18(22)16-6-1-2-7-17(16)20/h1-7,10,15H,8-9,11-12H2/t15-/m0/s1. The van der Waals surface area contributed by atoms with E-state index in [1.807, 2.05) is 0 Å². The number of benzene rings is 2. The Morgan fingerprint density at radius 2 is 1.88 bits per heavy atom. The quantitative estimate of drug-likeness (QED) is 0.837. The maximum Gasteiger partial charge on any atom is 0.257 e. The fourth-order valence-electron chi connectivity index (χ4n) is 3.01. The molecule has 1 atom stereocenters. The number of halogens is 2. The van der Waals surface area contributed by atoms with Crippen LogP contribution in [-0.4, -0.2) is 36.8 Å². The summed E-state index contributed by atoms with van der Waals surface area (Å²) in [5, 5.41) is 0. The Labute approximate surface area is 145 Å². The van der Waals surface area contributed by atoms with E-state index in [9.17, 15) is 22.0 Å². The van der Waals surface area contributed by atoms with Crippen LogP contribution in [0.2, 0.25) is 0 Å². The highest BCUT2D eigenvalue weighted by Crippen LogP contribution is 2.23. The number of amides is 1. The van der Waals surface area contributed by atoms with Crippen molar-refractivity contribution >= 4 is 15.7 Å². The minimum atomic E-state index is -3.23. The van der Waals surface area contributed by atoms with Crippen molar-refractivity contribution in [2.24, 2.45) is 0 Å². The van der Waals surface area contributed by atoms with Gasteiger partial charge in [0.1, 0.15) is 11.6 Å². The van der Waals surface area contributed by atoms with Gasteiger partial charge in [-0.3, -0.25) is 4.79 Å². The zero-order valence-corrected chi connectivity index (χ0v) is 14.2. The van der Waals surface area contributed by atoms with Gasteiger partial charge in [-0.1, -0.05) is 24.3 Å². The van der Waals surface area contributed by atoms with E-state index in [4.69, 9.17) is 0 Å². The van der Waals surface area contributed by atoms with Crippen LogP contribution in [0.15, 0.2) is 48.5 Å². The second kappa shape index (κ2) is 6.92. The van der Waals surface area contributed by atoms with Crippen LogP contribution in [0.5, 0.6) is 0 Å². The normalized spacial score (nSPS) is 18.9. The molecule has 1 aliphatic rings. The molecule has 0 N–H and O–H groups in total. The van der Waals surface area contributed by atoms with E-state index in [0.717, 1.165) is 0 Å². The first-order chi connectivity index (χ1) is 11.9. The summed E-state index contributed by atoms with van der Waals surface area (Å²) < 4.78 is 51.1. The SMILES string of the molecule is O=C(c1ccccc1F)N(Cc1cccc(F)c1)[C@H]1CCS(=O)(=O)C1. The maximum absolute atomic E-state index is 14.0. The molecule has 1 fully saturated rings. The van der Waals surface area contributed by atoms with Gasteiger partial charge in [0.15, 0.2) is 9.84 Å². The fraction of sp³-hybridized carbons (Fsp3) is 0.278. The van der Waals surface area contributed by atoms with Crippen molar-refractivity contribution in [3.8, 4) is 0 Å². The van der Waals surface area contributed by atoms with Crippen LogP contribution in [-0.2, 0) is 16.4 Å². The van der Waals surface area contributed by atoms with Gasteiger partial charge in [0, 0.05) is 12.6 Å². The van der Waals surface area contributed by atoms with E-state index in [1.54, 1.807) is 12.1 Å². The average molecular weight is 365 g/mol. The van der Waals surface area contributed by atoms with E-state index in [2.05, 4.69) is 0 Å². The lowest BCUT2D eigenvalue weighted by molar-refractivity contribution is 0.0676. The number of sulfone groups is 1. The summed E-state index contributed by atoms with van der Waals surface area (Å²) in [7, 11) is -3.23. The fourth-order valence-corrected chi connectivity index (χ4v) is 4.74. The van der Waals surface area contributed by atoms with Crippen LogP contribution >= 0.6 is 0 Å². The molecule has 7 heteroatoms. The van der Waals surface area contributed by atoms with Gasteiger partial charge in [0.05, 0.1) is 17.1 Å². The first kappa shape index (κ1) is 17.5. The molecule has 1 saturated heterocycles. The van der Waals surface area contributed by atoms with Crippen LogP contribution < -0.4 is 0 Å². The molecular weight excluding hydrogens is 348 g/mol. The molecule has 0 aliphatic carbocycles. The van der Waals surface area contributed by atoms with Crippen LogP contribution in [0, 0.1) is 11.6 Å². The summed E-state index contributed by atoms with van der Waals surface area (Å²) >= 11 is 0. The zero-order chi connectivity index (χ0) is 18.0. The molecule has 0 unspecified atom stereocenters. The van der Waals surface area contributed by atoms with Gasteiger partial charge in [0.25, 0.3) is 5.91 Å². The van der Waals surface area contributed by atoms with Gasteiger partial charge >= 0.3 is 0 Å². The number of hydrogen-bond acceptors (Lipinski definition) is 3. The Kier molecular flexibility index (Phi) is 4.85. The van der Waals surface area contributed by atoms with Gasteiger partial charge in [-0.05, 0) is 36.2 Å². The number of rotatable bonds is 4. The van der Waals surface area contributed by atoms with E-state index < -0.39 is 33.4 Å². The van der Waals surface area contributed by atoms with E-state index in [-0.39, 0.29) is 30.0 Å². The van der Waals surface area contributed by atoms with Crippen LogP contribution in [0.25, 0.3) is 0 Å². The minimum absolute atomic E-state index is 0.0120. The molecule has 0 saturated carbocycles. The molecule has 2 aromatic carbocycles. The molecule has 0 bridgehead atoms. The third kappa shape index (κ3) is 4.04. The van der Waals surface area contributed by atoms with Crippen molar-refractivity contribution < 1.29 is 22.0 Å². The molecule has 1 heterocycles. The predicted octanol–water partition coefficient (Wildman–Crippen LogP) is 2.79. The molecule has 4 nitrogen and oxygen atoms in total. The molecule has 132 valence electrons. The van der Waals surface area contributed by atoms with Crippen LogP contribution in [0.1, 0.15) is 22.3 Å². The smallest absolute Gasteiger partial charge is 0.257 e. The Balaban J connectivity index is 1.94. The second-order valence-corrected chi connectivity index (χ2v) is 8.33. The van der Waals surface area contributed by atoms with Gasteiger partial charge in [0.2, 0.25) is 0 Å². The lowest BCUT2D eigenvalue weighted by Gasteiger charge is -2.28. The molecule has 3 rings (SSSR count). The number of carbonyl (C=O) groups is 1. The lowest BCUT2D eigenvalue weighted by Crippen LogP contribution is -2.41. The second-order valence-electron chi connectivity index (χ2n) is 6.10. The monoisotopic (exact) mass is 365 g/mol. The Morgan fingerprint density at radius 1 is 1.12 bits per heavy atom. The minimum Gasteiger partial charge on any atom is -0.330 e. The zero-order valence-electron chi connectivity index (χ0n) is 13.4. The summed E-state index contributed by atoms with van der Waals surface area (Å²) in [6.07, 6.45) is 0.290. The van der Waals surface area contributed by atoms with Gasteiger partial charge in [-0.2, -0.15) is 0 Å². The largest absolute Gasteiger partial charge is 0.330 e. The van der Waals surface area contributed by atoms with Crippen molar-refractivity contribution in [2.75, 3.05) is 11.5 Å². The van der Waals surface area contributed by atoms with Crippen molar-refractivity contribution in [1.82, 2.24) is 4.90 Å². The van der Waals surface area contributed by atoms with Crippen LogP contribution in [0.3, 0.4) is 0 Å². The van der Waals surface area contributed by atoms with Gasteiger partial charge < -0.3 is 4.90 Å². The predicted molar refractivity (Wildman–Crippen MR) is 89.7 cm³/mol. The van der Waals surface area contributed by atoms with Crippen LogP contribution in [0.4, 0.5) is 8.78 Å². The molecule has 0 spiro atoms. The Bertz CT molecular complexity index is 899. The van der Waals surface area contributed by atoms with Gasteiger partial charge in [-0.25, -0.2) is 17.2 Å². The topological polar surface area (TPSA) is 54.5 Å². The third-order valence-electron chi connectivity index (χ3n) is 4.26. The average Bonchev–Trinajstić information content (AvgIpc) is 2.92. The van der Waals surface area contributed by atoms with Crippen molar-refractivity contribution in [1.29, 1.82) is 0 Å². The summed E-state index contributed by atoms with van der Waals surface area (Å²) in [4.78, 5) is 14.2. The number of hydrogen-bond donors (Lipinski definition) is 0. The van der Waals surface area contributed by atoms with Crippen molar-refractivity contribution in [3.05, 3.63) is 71.3 Å². The highest BCUT2D eigenvalue weighted by Gasteiger charge is 2.35. The van der Waals surface area contributed by atoms with Gasteiger partial charge in [-0.15, -0.1) is 0 Å². The first-order valence-electron chi connectivity index (χ1n) is 7.86.